The van der Waals surface area contributed by atoms with Gasteiger partial charge in [0.05, 0.1) is 5.41 Å². The predicted molar refractivity (Wildman–Crippen MR) is 61.3 cm³/mol. The van der Waals surface area contributed by atoms with Crippen molar-refractivity contribution in [3.63, 3.8) is 0 Å². The first-order valence-electron chi connectivity index (χ1n) is 5.64. The molecule has 1 fully saturated rings. The van der Waals surface area contributed by atoms with Crippen molar-refractivity contribution < 1.29 is 4.79 Å². The second kappa shape index (κ2) is 5.77. The number of hydrogen-bond acceptors (Lipinski definition) is 2. The molecule has 1 atom stereocenters. The summed E-state index contributed by atoms with van der Waals surface area (Å²) in [7, 11) is 0. The highest BCUT2D eigenvalue weighted by molar-refractivity contribution is 5.83. The average Bonchev–Trinajstić information content (AvgIpc) is 2.74. The summed E-state index contributed by atoms with van der Waals surface area (Å²) in [5.74, 6) is 5.95. The van der Waals surface area contributed by atoms with Gasteiger partial charge in [-0.3, -0.25) is 4.79 Å². The minimum absolute atomic E-state index is 0.167. The highest BCUT2D eigenvalue weighted by Crippen LogP contribution is 2.29. The van der Waals surface area contributed by atoms with E-state index >= 15 is 0 Å². The topological polar surface area (TPSA) is 41.1 Å². The van der Waals surface area contributed by atoms with Crippen LogP contribution in [0.4, 0.5) is 0 Å². The zero-order chi connectivity index (χ0) is 11.1. The van der Waals surface area contributed by atoms with Gasteiger partial charge in [-0.1, -0.05) is 6.92 Å². The fraction of sp³-hybridized carbons (Fsp3) is 0.750. The van der Waals surface area contributed by atoms with Gasteiger partial charge in [0.25, 0.3) is 0 Å². The molecule has 0 aliphatic carbocycles. The Morgan fingerprint density at radius 1 is 1.60 bits per heavy atom. The smallest absolute Gasteiger partial charge is 0.227 e. The van der Waals surface area contributed by atoms with Crippen molar-refractivity contribution in [1.29, 1.82) is 0 Å². The lowest BCUT2D eigenvalue weighted by Crippen LogP contribution is -2.42. The van der Waals surface area contributed by atoms with Crippen molar-refractivity contribution in [2.45, 2.75) is 33.1 Å². The third kappa shape index (κ3) is 2.97. The van der Waals surface area contributed by atoms with Gasteiger partial charge in [0.15, 0.2) is 0 Å². The second-order valence-electron chi connectivity index (χ2n) is 3.99. The molecule has 1 amide bonds. The van der Waals surface area contributed by atoms with Crippen molar-refractivity contribution in [1.82, 2.24) is 10.6 Å². The molecule has 3 nitrogen and oxygen atoms in total. The molecule has 15 heavy (non-hydrogen) atoms. The zero-order valence-electron chi connectivity index (χ0n) is 9.65. The fourth-order valence-electron chi connectivity index (χ4n) is 1.95. The normalized spacial score (nSPS) is 24.4. The van der Waals surface area contributed by atoms with E-state index < -0.39 is 0 Å². The van der Waals surface area contributed by atoms with Gasteiger partial charge in [-0.2, -0.15) is 0 Å². The van der Waals surface area contributed by atoms with Crippen LogP contribution < -0.4 is 10.6 Å². The van der Waals surface area contributed by atoms with E-state index in [0.717, 1.165) is 32.4 Å². The van der Waals surface area contributed by atoms with Crippen molar-refractivity contribution in [3.8, 4) is 11.8 Å². The molecule has 1 aliphatic rings. The second-order valence-corrected chi connectivity index (χ2v) is 3.99. The van der Waals surface area contributed by atoms with Gasteiger partial charge in [-0.15, -0.1) is 11.8 Å². The van der Waals surface area contributed by atoms with Crippen LogP contribution in [-0.2, 0) is 4.79 Å². The molecule has 0 spiro atoms. The van der Waals surface area contributed by atoms with E-state index in [1.165, 1.54) is 0 Å². The number of rotatable bonds is 4. The molecule has 1 rings (SSSR count). The van der Waals surface area contributed by atoms with E-state index in [-0.39, 0.29) is 11.3 Å². The van der Waals surface area contributed by atoms with Gasteiger partial charge < -0.3 is 10.6 Å². The predicted octanol–water partition coefficient (Wildman–Crippen LogP) is 0.906. The lowest BCUT2D eigenvalue weighted by molar-refractivity contribution is -0.130. The monoisotopic (exact) mass is 208 g/mol. The molecule has 3 heteroatoms. The standard InChI is InChI=1S/C12H20N2O/c1-3-5-6-8-14-11(15)12(4-2)7-9-13-10-12/h13H,4,6-10H2,1-2H3,(H,14,15). The van der Waals surface area contributed by atoms with E-state index in [9.17, 15) is 4.79 Å². The van der Waals surface area contributed by atoms with Crippen LogP contribution >= 0.6 is 0 Å². The van der Waals surface area contributed by atoms with Gasteiger partial charge in [-0.25, -0.2) is 0 Å². The molecule has 1 saturated heterocycles. The Morgan fingerprint density at radius 2 is 2.40 bits per heavy atom. The summed E-state index contributed by atoms with van der Waals surface area (Å²) in [4.78, 5) is 12.0. The molecular weight excluding hydrogens is 188 g/mol. The highest BCUT2D eigenvalue weighted by atomic mass is 16.2. The largest absolute Gasteiger partial charge is 0.355 e. The Labute approximate surface area is 92.0 Å². The lowest BCUT2D eigenvalue weighted by Gasteiger charge is -2.24. The SMILES string of the molecule is CC#CCCNC(=O)C1(CC)CCNC1. The molecule has 0 saturated carbocycles. The maximum absolute atomic E-state index is 12.0. The van der Waals surface area contributed by atoms with Crippen molar-refractivity contribution in [2.75, 3.05) is 19.6 Å². The molecule has 1 heterocycles. The van der Waals surface area contributed by atoms with Crippen molar-refractivity contribution in [2.24, 2.45) is 5.41 Å². The highest BCUT2D eigenvalue weighted by Gasteiger charge is 2.38. The summed E-state index contributed by atoms with van der Waals surface area (Å²) in [5.41, 5.74) is -0.167. The minimum atomic E-state index is -0.167. The van der Waals surface area contributed by atoms with Crippen LogP contribution in [0.5, 0.6) is 0 Å². The summed E-state index contributed by atoms with van der Waals surface area (Å²) >= 11 is 0. The van der Waals surface area contributed by atoms with Crippen LogP contribution in [0.1, 0.15) is 33.1 Å². The van der Waals surface area contributed by atoms with Gasteiger partial charge in [-0.05, 0) is 26.3 Å². The zero-order valence-corrected chi connectivity index (χ0v) is 9.65. The Balaban J connectivity index is 2.39. The minimum Gasteiger partial charge on any atom is -0.355 e. The van der Waals surface area contributed by atoms with Crippen LogP contribution in [0.15, 0.2) is 0 Å². The van der Waals surface area contributed by atoms with E-state index in [4.69, 9.17) is 0 Å². The molecule has 84 valence electrons. The molecular formula is C12H20N2O. The van der Waals surface area contributed by atoms with Crippen LogP contribution in [0, 0.1) is 17.3 Å². The Bertz CT molecular complexity index is 269. The summed E-state index contributed by atoms with van der Waals surface area (Å²) in [6.07, 6.45) is 2.61. The third-order valence-electron chi connectivity index (χ3n) is 3.11. The number of nitrogens with one attached hydrogen (secondary N) is 2. The average molecular weight is 208 g/mol. The number of amides is 1. The summed E-state index contributed by atoms with van der Waals surface area (Å²) in [6.45, 7) is 6.33. The van der Waals surface area contributed by atoms with Crippen molar-refractivity contribution in [3.05, 3.63) is 0 Å². The summed E-state index contributed by atoms with van der Waals surface area (Å²) in [6, 6.07) is 0. The maximum atomic E-state index is 12.0. The molecule has 0 aromatic rings. The lowest BCUT2D eigenvalue weighted by atomic mass is 9.83. The molecule has 1 aliphatic heterocycles. The first-order valence-corrected chi connectivity index (χ1v) is 5.64. The Morgan fingerprint density at radius 3 is 2.93 bits per heavy atom. The summed E-state index contributed by atoms with van der Waals surface area (Å²) in [5, 5.41) is 6.23. The van der Waals surface area contributed by atoms with E-state index in [1.54, 1.807) is 0 Å². The fourth-order valence-corrected chi connectivity index (χ4v) is 1.95. The molecule has 0 aromatic heterocycles. The Hall–Kier alpha value is -1.01. The van der Waals surface area contributed by atoms with Gasteiger partial charge >= 0.3 is 0 Å². The van der Waals surface area contributed by atoms with Crippen LogP contribution in [0.2, 0.25) is 0 Å². The molecule has 0 bridgehead atoms. The van der Waals surface area contributed by atoms with Crippen molar-refractivity contribution >= 4 is 5.91 Å². The molecule has 1 unspecified atom stereocenters. The number of carbonyl (C=O) groups excluding carboxylic acids is 1. The van der Waals surface area contributed by atoms with E-state index in [1.807, 2.05) is 6.92 Å². The molecule has 0 aromatic carbocycles. The molecule has 2 N–H and O–H groups in total. The number of hydrogen-bond donors (Lipinski definition) is 2. The van der Waals surface area contributed by atoms with Crippen LogP contribution in [0.25, 0.3) is 0 Å². The van der Waals surface area contributed by atoms with E-state index in [2.05, 4.69) is 29.4 Å². The first kappa shape index (κ1) is 12.1. The van der Waals surface area contributed by atoms with Gasteiger partial charge in [0.2, 0.25) is 5.91 Å². The van der Waals surface area contributed by atoms with Gasteiger partial charge in [0, 0.05) is 19.5 Å². The third-order valence-corrected chi connectivity index (χ3v) is 3.11. The summed E-state index contributed by atoms with van der Waals surface area (Å²) < 4.78 is 0. The van der Waals surface area contributed by atoms with E-state index in [0.29, 0.717) is 6.54 Å². The van der Waals surface area contributed by atoms with Gasteiger partial charge in [0.1, 0.15) is 0 Å². The molecule has 0 radical (unpaired) electrons. The Kier molecular flexibility index (Phi) is 4.64. The first-order chi connectivity index (χ1) is 7.25. The van der Waals surface area contributed by atoms with Crippen LogP contribution in [-0.4, -0.2) is 25.5 Å². The quantitative estimate of drug-likeness (QED) is 0.532. The number of carbonyl (C=O) groups is 1. The maximum Gasteiger partial charge on any atom is 0.227 e. The van der Waals surface area contributed by atoms with Crippen LogP contribution in [0.3, 0.4) is 0 Å².